The number of nitrogens with zero attached hydrogens (tertiary/aromatic N) is 2. The molecule has 5 rings (SSSR count). The first-order valence-electron chi connectivity index (χ1n) is 11.2. The first-order valence-corrected chi connectivity index (χ1v) is 12.0. The Kier molecular flexibility index (Phi) is 5.58. The van der Waals surface area contributed by atoms with Crippen molar-refractivity contribution in [3.63, 3.8) is 0 Å². The molecule has 2 aromatic heterocycles. The van der Waals surface area contributed by atoms with E-state index in [1.807, 2.05) is 24.3 Å². The van der Waals surface area contributed by atoms with Crippen LogP contribution >= 0.6 is 11.3 Å². The fourth-order valence-corrected chi connectivity index (χ4v) is 5.94. The maximum atomic E-state index is 13.0. The van der Waals surface area contributed by atoms with E-state index in [2.05, 4.69) is 29.2 Å². The molecule has 0 bridgehead atoms. The van der Waals surface area contributed by atoms with Gasteiger partial charge in [-0.3, -0.25) is 9.59 Å². The first kappa shape index (κ1) is 21.9. The van der Waals surface area contributed by atoms with Crippen LogP contribution in [-0.2, 0) is 11.2 Å². The third kappa shape index (κ3) is 4.32. The van der Waals surface area contributed by atoms with Crippen molar-refractivity contribution in [3.05, 3.63) is 52.2 Å². The van der Waals surface area contributed by atoms with Crippen LogP contribution in [0.1, 0.15) is 51.8 Å². The van der Waals surface area contributed by atoms with Gasteiger partial charge in [-0.2, -0.15) is 0 Å². The van der Waals surface area contributed by atoms with Crippen molar-refractivity contribution in [2.75, 3.05) is 36.5 Å². The highest BCUT2D eigenvalue weighted by Gasteiger charge is 2.37. The topological polar surface area (TPSA) is 84.7 Å². The van der Waals surface area contributed by atoms with E-state index in [0.717, 1.165) is 46.1 Å². The summed E-state index contributed by atoms with van der Waals surface area (Å²) in [5.41, 5.74) is 4.05. The normalized spacial score (nSPS) is 17.7. The van der Waals surface area contributed by atoms with Gasteiger partial charge in [0.2, 0.25) is 0 Å². The van der Waals surface area contributed by atoms with E-state index in [1.165, 1.54) is 0 Å². The molecule has 1 aliphatic heterocycles. The van der Waals surface area contributed by atoms with Gasteiger partial charge in [-0.25, -0.2) is 0 Å². The van der Waals surface area contributed by atoms with Crippen LogP contribution in [0.5, 0.6) is 0 Å². The number of Topliss-reactive ketones (excluding diaryl/α,β-unsaturated/α-hetero) is 1. The Balaban J connectivity index is 1.56. The van der Waals surface area contributed by atoms with E-state index >= 15 is 0 Å². The molecule has 8 heteroatoms. The number of ketones is 1. The van der Waals surface area contributed by atoms with Gasteiger partial charge in [0.15, 0.2) is 11.5 Å². The number of carbonyl (C=O) groups excluding carboxylic acids is 2. The van der Waals surface area contributed by atoms with Crippen LogP contribution in [0.15, 0.2) is 34.9 Å². The van der Waals surface area contributed by atoms with Gasteiger partial charge >= 0.3 is 0 Å². The van der Waals surface area contributed by atoms with Crippen LogP contribution < -0.4 is 10.2 Å². The summed E-state index contributed by atoms with van der Waals surface area (Å²) < 4.78 is 10.6. The zero-order valence-corrected chi connectivity index (χ0v) is 19.9. The zero-order chi connectivity index (χ0) is 23.2. The van der Waals surface area contributed by atoms with Crippen LogP contribution in [0.25, 0.3) is 11.1 Å². The zero-order valence-electron chi connectivity index (χ0n) is 19.1. The third-order valence-corrected chi connectivity index (χ3v) is 7.44. The molecular formula is C25H27N3O4S. The van der Waals surface area contributed by atoms with Gasteiger partial charge in [0.25, 0.3) is 5.91 Å². The molecule has 172 valence electrons. The standard InChI is InChI=1S/C25H27N3O4S/c1-15-11-19(27-32-15)23(30)26-17-6-4-5-16(12-17)21-18-13-25(2,3)14-20(29)22(18)33-24(21)28-7-9-31-10-8-28/h4-6,11-12H,7-10,13-14H2,1-3H3,(H,26,30). The number of morpholine rings is 1. The molecule has 1 aromatic carbocycles. The van der Waals surface area contributed by atoms with Crippen molar-refractivity contribution in [2.45, 2.75) is 33.6 Å². The lowest BCUT2D eigenvalue weighted by Gasteiger charge is -2.30. The Morgan fingerprint density at radius 3 is 2.70 bits per heavy atom. The molecule has 0 radical (unpaired) electrons. The Morgan fingerprint density at radius 1 is 1.18 bits per heavy atom. The molecule has 0 saturated carbocycles. The number of carbonyl (C=O) groups is 2. The Labute approximate surface area is 196 Å². The molecule has 3 aromatic rings. The predicted octanol–water partition coefficient (Wildman–Crippen LogP) is 4.96. The Bertz CT molecular complexity index is 1220. The van der Waals surface area contributed by atoms with E-state index in [0.29, 0.717) is 31.1 Å². The number of aryl methyl sites for hydroxylation is 1. The largest absolute Gasteiger partial charge is 0.378 e. The van der Waals surface area contributed by atoms with E-state index in [9.17, 15) is 9.59 Å². The van der Waals surface area contributed by atoms with Gasteiger partial charge in [0.05, 0.1) is 23.1 Å². The maximum absolute atomic E-state index is 13.0. The Hall–Kier alpha value is -2.97. The number of fused-ring (bicyclic) bond motifs is 1. The average molecular weight is 466 g/mol. The summed E-state index contributed by atoms with van der Waals surface area (Å²) in [4.78, 5) is 28.8. The smallest absolute Gasteiger partial charge is 0.277 e. The average Bonchev–Trinajstić information content (AvgIpc) is 3.38. The third-order valence-electron chi connectivity index (χ3n) is 6.10. The molecule has 0 atom stereocenters. The summed E-state index contributed by atoms with van der Waals surface area (Å²) in [6.07, 6.45) is 1.41. The molecule has 1 fully saturated rings. The van der Waals surface area contributed by atoms with Gasteiger partial charge in [0, 0.05) is 36.8 Å². The number of hydrogen-bond acceptors (Lipinski definition) is 7. The van der Waals surface area contributed by atoms with Gasteiger partial charge in [-0.05, 0) is 42.0 Å². The SMILES string of the molecule is Cc1cc(C(=O)Nc2cccc(-c3c(N4CCOCC4)sc4c3CC(C)(C)CC4=O)c2)no1. The van der Waals surface area contributed by atoms with Crippen LogP contribution in [0.4, 0.5) is 10.7 Å². The minimum Gasteiger partial charge on any atom is -0.378 e. The quantitative estimate of drug-likeness (QED) is 0.587. The molecule has 1 aliphatic carbocycles. The van der Waals surface area contributed by atoms with E-state index in [4.69, 9.17) is 9.26 Å². The molecule has 33 heavy (non-hydrogen) atoms. The minimum absolute atomic E-state index is 0.0845. The minimum atomic E-state index is -0.318. The molecule has 7 nitrogen and oxygen atoms in total. The summed E-state index contributed by atoms with van der Waals surface area (Å²) in [6.45, 7) is 9.00. The molecule has 3 heterocycles. The summed E-state index contributed by atoms with van der Waals surface area (Å²) in [5, 5.41) is 7.84. The number of aromatic nitrogens is 1. The van der Waals surface area contributed by atoms with Crippen LogP contribution in [0, 0.1) is 12.3 Å². The van der Waals surface area contributed by atoms with Gasteiger partial charge < -0.3 is 19.5 Å². The van der Waals surface area contributed by atoms with Crippen LogP contribution in [-0.4, -0.2) is 43.2 Å². The van der Waals surface area contributed by atoms with Gasteiger partial charge in [-0.15, -0.1) is 11.3 Å². The number of hydrogen-bond donors (Lipinski definition) is 1. The predicted molar refractivity (Wildman–Crippen MR) is 128 cm³/mol. The number of benzene rings is 1. The van der Waals surface area contributed by atoms with E-state index in [-0.39, 0.29) is 22.8 Å². The fourth-order valence-electron chi connectivity index (χ4n) is 4.61. The number of rotatable bonds is 4. The number of thiophene rings is 1. The van der Waals surface area contributed by atoms with Crippen molar-refractivity contribution < 1.29 is 18.8 Å². The van der Waals surface area contributed by atoms with Gasteiger partial charge in [0.1, 0.15) is 5.76 Å². The summed E-state index contributed by atoms with van der Waals surface area (Å²) in [6, 6.07) is 9.43. The molecule has 0 unspecified atom stereocenters. The highest BCUT2D eigenvalue weighted by molar-refractivity contribution is 7.19. The highest BCUT2D eigenvalue weighted by Crippen LogP contribution is 2.49. The Morgan fingerprint density at radius 2 is 1.97 bits per heavy atom. The second-order valence-corrected chi connectivity index (χ2v) is 10.5. The van der Waals surface area contributed by atoms with Crippen molar-refractivity contribution in [3.8, 4) is 11.1 Å². The van der Waals surface area contributed by atoms with Crippen LogP contribution in [0.2, 0.25) is 0 Å². The summed E-state index contributed by atoms with van der Waals surface area (Å²) in [5.74, 6) is 0.486. The maximum Gasteiger partial charge on any atom is 0.277 e. The van der Waals surface area contributed by atoms with Crippen molar-refractivity contribution >= 4 is 33.7 Å². The summed E-state index contributed by atoms with van der Waals surface area (Å²) >= 11 is 1.60. The molecule has 1 saturated heterocycles. The second kappa shape index (κ2) is 8.43. The summed E-state index contributed by atoms with van der Waals surface area (Å²) in [7, 11) is 0. The van der Waals surface area contributed by atoms with Crippen molar-refractivity contribution in [1.29, 1.82) is 0 Å². The fraction of sp³-hybridized carbons (Fsp3) is 0.400. The van der Waals surface area contributed by atoms with E-state index < -0.39 is 0 Å². The first-order chi connectivity index (χ1) is 15.8. The lowest BCUT2D eigenvalue weighted by molar-refractivity contribution is 0.0917. The number of nitrogens with one attached hydrogen (secondary N) is 1. The van der Waals surface area contributed by atoms with Crippen molar-refractivity contribution in [1.82, 2.24) is 5.16 Å². The lowest BCUT2D eigenvalue weighted by Crippen LogP contribution is -2.36. The molecule has 1 N–H and O–H groups in total. The molecule has 0 spiro atoms. The molecule has 1 amide bonds. The molecule has 2 aliphatic rings. The van der Waals surface area contributed by atoms with Crippen LogP contribution in [0.3, 0.4) is 0 Å². The van der Waals surface area contributed by atoms with E-state index in [1.54, 1.807) is 24.3 Å². The second-order valence-electron chi connectivity index (χ2n) is 9.49. The highest BCUT2D eigenvalue weighted by atomic mass is 32.1. The van der Waals surface area contributed by atoms with Gasteiger partial charge in [-0.1, -0.05) is 31.1 Å². The van der Waals surface area contributed by atoms with Crippen molar-refractivity contribution in [2.24, 2.45) is 5.41 Å². The number of amides is 1. The number of anilines is 2. The monoisotopic (exact) mass is 465 g/mol. The number of ether oxygens (including phenoxy) is 1. The lowest BCUT2D eigenvalue weighted by atomic mass is 9.75. The molecular weight excluding hydrogens is 438 g/mol.